The topological polar surface area (TPSA) is 114 Å². The van der Waals surface area contributed by atoms with Crippen LogP contribution in [0.2, 0.25) is 0 Å². The second kappa shape index (κ2) is 7.12. The van der Waals surface area contributed by atoms with Crippen LogP contribution in [0, 0.1) is 20.8 Å². The molecule has 0 unspecified atom stereocenters. The zero-order valence-corrected chi connectivity index (χ0v) is 16.7. The molecule has 2 N–H and O–H groups in total. The predicted octanol–water partition coefficient (Wildman–Crippen LogP) is 2.19. The van der Waals surface area contributed by atoms with Gasteiger partial charge in [-0.15, -0.1) is 0 Å². The number of aryl methyl sites for hydroxylation is 2. The molecule has 0 aliphatic carbocycles. The van der Waals surface area contributed by atoms with Gasteiger partial charge in [0.25, 0.3) is 10.0 Å². The Labute approximate surface area is 153 Å². The van der Waals surface area contributed by atoms with Crippen LogP contribution in [0.15, 0.2) is 29.3 Å². The average molecular weight is 399 g/mol. The number of methoxy groups -OCH3 is 1. The number of nitrogens with one attached hydrogen (secondary N) is 2. The van der Waals surface area contributed by atoms with Crippen molar-refractivity contribution in [2.45, 2.75) is 25.7 Å². The normalized spacial score (nSPS) is 11.9. The molecule has 1 heterocycles. The van der Waals surface area contributed by atoms with Crippen molar-refractivity contribution in [1.29, 1.82) is 0 Å². The Kier molecular flexibility index (Phi) is 5.47. The van der Waals surface area contributed by atoms with Crippen LogP contribution in [0.3, 0.4) is 0 Å². The van der Waals surface area contributed by atoms with Crippen LogP contribution in [0.5, 0.6) is 5.88 Å². The molecule has 0 spiro atoms. The summed E-state index contributed by atoms with van der Waals surface area (Å²) in [6.45, 7) is 4.93. The van der Waals surface area contributed by atoms with Crippen LogP contribution in [-0.2, 0) is 20.0 Å². The van der Waals surface area contributed by atoms with Crippen molar-refractivity contribution >= 4 is 31.4 Å². The lowest BCUT2D eigenvalue weighted by Gasteiger charge is -2.18. The maximum Gasteiger partial charge on any atom is 0.262 e. The van der Waals surface area contributed by atoms with Gasteiger partial charge in [-0.05, 0) is 43.5 Å². The molecule has 0 aliphatic rings. The minimum Gasteiger partial charge on any atom is -0.481 e. The number of aromatic nitrogens is 1. The Morgan fingerprint density at radius 3 is 2.15 bits per heavy atom. The Morgan fingerprint density at radius 2 is 1.65 bits per heavy atom. The number of pyridine rings is 1. The third-order valence-corrected chi connectivity index (χ3v) is 5.90. The smallest absolute Gasteiger partial charge is 0.262 e. The first kappa shape index (κ1) is 20.0. The van der Waals surface area contributed by atoms with E-state index in [1.807, 2.05) is 0 Å². The van der Waals surface area contributed by atoms with Gasteiger partial charge in [-0.1, -0.05) is 6.07 Å². The van der Waals surface area contributed by atoms with E-state index in [-0.39, 0.29) is 16.3 Å². The summed E-state index contributed by atoms with van der Waals surface area (Å²) in [5, 5.41) is 0. The van der Waals surface area contributed by atoms with E-state index in [0.29, 0.717) is 22.6 Å². The molecule has 0 amide bonds. The molecule has 142 valence electrons. The van der Waals surface area contributed by atoms with Crippen LogP contribution in [0.1, 0.15) is 16.7 Å². The second-order valence-electron chi connectivity index (χ2n) is 5.91. The summed E-state index contributed by atoms with van der Waals surface area (Å²) in [6, 6.07) is 4.68. The lowest BCUT2D eigenvalue weighted by molar-refractivity contribution is 0.398. The number of benzene rings is 1. The van der Waals surface area contributed by atoms with Crippen LogP contribution < -0.4 is 14.2 Å². The number of ether oxygens (including phenoxy) is 1. The van der Waals surface area contributed by atoms with Crippen LogP contribution in [-0.4, -0.2) is 35.2 Å². The second-order valence-corrected chi connectivity index (χ2v) is 9.28. The van der Waals surface area contributed by atoms with Gasteiger partial charge in [-0.2, -0.15) is 0 Å². The molecule has 10 heteroatoms. The molecular formula is C16H21N3O5S2. The quantitative estimate of drug-likeness (QED) is 0.769. The van der Waals surface area contributed by atoms with Gasteiger partial charge in [0, 0.05) is 6.07 Å². The first-order valence-corrected chi connectivity index (χ1v) is 10.9. The van der Waals surface area contributed by atoms with Crippen LogP contribution in [0.25, 0.3) is 0 Å². The van der Waals surface area contributed by atoms with Gasteiger partial charge in [-0.3, -0.25) is 9.44 Å². The zero-order valence-electron chi connectivity index (χ0n) is 15.1. The summed E-state index contributed by atoms with van der Waals surface area (Å²) in [4.78, 5) is 3.98. The SMILES string of the molecule is COc1ccc(NS(=O)(=O)c2c(C)cc(C)c(NS(C)(=O)=O)c2C)cn1. The van der Waals surface area contributed by atoms with E-state index in [1.54, 1.807) is 26.8 Å². The molecule has 2 rings (SSSR count). The third kappa shape index (κ3) is 4.44. The molecule has 0 atom stereocenters. The largest absolute Gasteiger partial charge is 0.481 e. The molecule has 0 aliphatic heterocycles. The fraction of sp³-hybridized carbons (Fsp3) is 0.312. The third-order valence-electron chi connectivity index (χ3n) is 3.65. The van der Waals surface area contributed by atoms with E-state index in [2.05, 4.69) is 14.4 Å². The maximum absolute atomic E-state index is 12.9. The van der Waals surface area contributed by atoms with Crippen molar-refractivity contribution in [1.82, 2.24) is 4.98 Å². The van der Waals surface area contributed by atoms with Crippen molar-refractivity contribution in [3.8, 4) is 5.88 Å². The fourth-order valence-electron chi connectivity index (χ4n) is 2.69. The molecule has 0 fully saturated rings. The molecule has 26 heavy (non-hydrogen) atoms. The molecular weight excluding hydrogens is 378 g/mol. The van der Waals surface area contributed by atoms with E-state index in [1.165, 1.54) is 25.4 Å². The Balaban J connectivity index is 2.52. The van der Waals surface area contributed by atoms with Crippen molar-refractivity contribution < 1.29 is 21.6 Å². The lowest BCUT2D eigenvalue weighted by atomic mass is 10.1. The molecule has 0 saturated heterocycles. The molecule has 1 aromatic carbocycles. The van der Waals surface area contributed by atoms with Gasteiger partial charge < -0.3 is 4.74 Å². The highest BCUT2D eigenvalue weighted by molar-refractivity contribution is 7.93. The summed E-state index contributed by atoms with van der Waals surface area (Å²) < 4.78 is 58.8. The maximum atomic E-state index is 12.9. The number of hydrogen-bond donors (Lipinski definition) is 2. The van der Waals surface area contributed by atoms with Crippen LogP contribution in [0.4, 0.5) is 11.4 Å². The summed E-state index contributed by atoms with van der Waals surface area (Å²) in [7, 11) is -6.05. The molecule has 0 bridgehead atoms. The number of hydrogen-bond acceptors (Lipinski definition) is 6. The minimum absolute atomic E-state index is 0.0186. The molecule has 0 saturated carbocycles. The molecule has 8 nitrogen and oxygen atoms in total. The highest BCUT2D eigenvalue weighted by atomic mass is 32.2. The number of rotatable bonds is 6. The highest BCUT2D eigenvalue weighted by Gasteiger charge is 2.24. The summed E-state index contributed by atoms with van der Waals surface area (Å²) >= 11 is 0. The monoisotopic (exact) mass is 399 g/mol. The Bertz CT molecular complexity index is 1030. The van der Waals surface area contributed by atoms with E-state index >= 15 is 0 Å². The standard InChI is InChI=1S/C16H21N3O5S2/c1-10-8-11(2)16(12(3)15(10)19-25(5,20)21)26(22,23)18-13-6-7-14(24-4)17-9-13/h6-9,18-19H,1-5H3. The minimum atomic E-state index is -3.95. The summed E-state index contributed by atoms with van der Waals surface area (Å²) in [5.41, 5.74) is 1.99. The van der Waals surface area contributed by atoms with Gasteiger partial charge >= 0.3 is 0 Å². The number of anilines is 2. The van der Waals surface area contributed by atoms with Gasteiger partial charge in [0.2, 0.25) is 15.9 Å². The summed E-state index contributed by atoms with van der Waals surface area (Å²) in [6.07, 6.45) is 2.35. The number of nitrogens with zero attached hydrogens (tertiary/aromatic N) is 1. The van der Waals surface area contributed by atoms with Gasteiger partial charge in [-0.25, -0.2) is 21.8 Å². The van der Waals surface area contributed by atoms with Crippen molar-refractivity contribution in [3.05, 3.63) is 41.1 Å². The average Bonchev–Trinajstić information content (AvgIpc) is 2.50. The van der Waals surface area contributed by atoms with Crippen molar-refractivity contribution in [2.24, 2.45) is 0 Å². The molecule has 0 radical (unpaired) electrons. The van der Waals surface area contributed by atoms with E-state index in [9.17, 15) is 16.8 Å². The fourth-order valence-corrected chi connectivity index (χ4v) is 4.90. The van der Waals surface area contributed by atoms with Gasteiger partial charge in [0.1, 0.15) is 0 Å². The number of sulfonamides is 2. The van der Waals surface area contributed by atoms with E-state index in [4.69, 9.17) is 4.74 Å². The van der Waals surface area contributed by atoms with Gasteiger partial charge in [0.05, 0.1) is 35.8 Å². The van der Waals surface area contributed by atoms with Crippen molar-refractivity contribution in [3.63, 3.8) is 0 Å². The lowest BCUT2D eigenvalue weighted by Crippen LogP contribution is -2.19. The predicted molar refractivity (Wildman–Crippen MR) is 101 cm³/mol. The highest BCUT2D eigenvalue weighted by Crippen LogP contribution is 2.32. The van der Waals surface area contributed by atoms with Crippen LogP contribution >= 0.6 is 0 Å². The first-order chi connectivity index (χ1) is 11.9. The Morgan fingerprint density at radius 1 is 1.00 bits per heavy atom. The van der Waals surface area contributed by atoms with Crippen molar-refractivity contribution in [2.75, 3.05) is 22.8 Å². The van der Waals surface area contributed by atoms with Gasteiger partial charge in [0.15, 0.2) is 0 Å². The van der Waals surface area contributed by atoms with E-state index in [0.717, 1.165) is 6.26 Å². The molecule has 1 aromatic heterocycles. The zero-order chi connectivity index (χ0) is 19.7. The first-order valence-electron chi connectivity index (χ1n) is 7.56. The molecule has 2 aromatic rings. The van der Waals surface area contributed by atoms with E-state index < -0.39 is 20.0 Å². The summed E-state index contributed by atoms with van der Waals surface area (Å²) in [5.74, 6) is 0.357. The Hall–Kier alpha value is -2.33.